The van der Waals surface area contributed by atoms with E-state index in [0.717, 1.165) is 37.9 Å². The van der Waals surface area contributed by atoms with Gasteiger partial charge in [0.1, 0.15) is 24.9 Å². The molecule has 3 aliphatic rings. The van der Waals surface area contributed by atoms with Crippen LogP contribution in [0.4, 0.5) is 5.69 Å². The van der Waals surface area contributed by atoms with Crippen molar-refractivity contribution in [3.8, 4) is 0 Å². The van der Waals surface area contributed by atoms with E-state index in [1.807, 2.05) is 0 Å². The lowest BCUT2D eigenvalue weighted by atomic mass is 9.91. The summed E-state index contributed by atoms with van der Waals surface area (Å²) in [6.07, 6.45) is 16.1. The molecule has 6 rings (SSSR count). The number of fused-ring (bicyclic) bond motifs is 5. The quantitative estimate of drug-likeness (QED) is 0.263. The van der Waals surface area contributed by atoms with Crippen LogP contribution in [0.25, 0.3) is 22.2 Å². The topological polar surface area (TPSA) is 17.0 Å². The molecule has 40 heavy (non-hydrogen) atoms. The van der Waals surface area contributed by atoms with Crippen molar-refractivity contribution in [1.29, 1.82) is 0 Å². The maximum atomic E-state index is 6.55. The number of oxazole rings is 1. The number of para-hydroxylation sites is 3. The molecule has 3 aliphatic heterocycles. The van der Waals surface area contributed by atoms with E-state index < -0.39 is 0 Å². The third-order valence-electron chi connectivity index (χ3n) is 9.42. The molecule has 0 saturated carbocycles. The van der Waals surface area contributed by atoms with E-state index in [2.05, 4.69) is 120 Å². The van der Waals surface area contributed by atoms with Crippen LogP contribution < -0.4 is 9.05 Å². The number of hydrogen-bond acceptors (Lipinski definition) is 1. The number of aromatic nitrogens is 1. The van der Waals surface area contributed by atoms with E-state index in [9.17, 15) is 0 Å². The molecule has 5 heteroatoms. The molecule has 0 N–H and O–H groups in total. The Balaban J connectivity index is 1.35. The minimum Gasteiger partial charge on any atom is -0.398 e. The molecule has 1 aromatic heterocycles. The third kappa shape index (κ3) is 5.00. The lowest BCUT2D eigenvalue weighted by Gasteiger charge is -2.54. The minimum absolute atomic E-state index is 0.558. The van der Waals surface area contributed by atoms with Crippen molar-refractivity contribution in [1.82, 2.24) is 4.48 Å². The Hall–Kier alpha value is -2.99. The van der Waals surface area contributed by atoms with Crippen LogP contribution in [-0.4, -0.2) is 70.5 Å². The summed E-state index contributed by atoms with van der Waals surface area (Å²) in [5.74, 6) is 1.70. The molecule has 0 bridgehead atoms. The van der Waals surface area contributed by atoms with Crippen molar-refractivity contribution < 1.29 is 18.0 Å². The summed E-state index contributed by atoms with van der Waals surface area (Å²) in [5, 5.41) is 0. The largest absolute Gasteiger partial charge is 0.398 e. The second kappa shape index (κ2) is 10.1. The van der Waals surface area contributed by atoms with Gasteiger partial charge in [-0.25, -0.2) is 4.48 Å². The lowest BCUT2D eigenvalue weighted by molar-refractivity contribution is -0.912. The Bertz CT molecular complexity index is 1500. The molecular weight excluding hydrogens is 492 g/mol. The molecule has 210 valence electrons. The van der Waals surface area contributed by atoms with Crippen molar-refractivity contribution in [2.75, 3.05) is 55.4 Å². The van der Waals surface area contributed by atoms with Gasteiger partial charge in [-0.15, -0.1) is 0 Å². The van der Waals surface area contributed by atoms with Gasteiger partial charge in [-0.3, -0.25) is 4.48 Å². The number of nitrogens with zero attached hydrogens (tertiary/aromatic N) is 4. The highest BCUT2D eigenvalue weighted by Crippen LogP contribution is 2.46. The normalized spacial score (nSPS) is 26.6. The van der Waals surface area contributed by atoms with Gasteiger partial charge in [-0.05, 0) is 49.5 Å². The molecular formula is C35H48N4O+4. The number of rotatable bonds is 6. The monoisotopic (exact) mass is 540 g/mol. The fraction of sp³-hybridized carbons (Fsp3) is 0.457. The summed E-state index contributed by atoms with van der Waals surface area (Å²) in [6, 6.07) is 17.6. The van der Waals surface area contributed by atoms with Gasteiger partial charge in [0.25, 0.3) is 5.52 Å². The Kier molecular flexibility index (Phi) is 6.89. The summed E-state index contributed by atoms with van der Waals surface area (Å²) in [5.41, 5.74) is 7.62. The fourth-order valence-corrected chi connectivity index (χ4v) is 7.30. The Labute approximate surface area is 240 Å². The molecule has 2 aromatic carbocycles. The Morgan fingerprint density at radius 3 is 2.48 bits per heavy atom. The summed E-state index contributed by atoms with van der Waals surface area (Å²) in [7, 11) is 13.9. The maximum Gasteiger partial charge on any atom is 0.377 e. The standard InChI is InChI=1S/C35H48N4O/c1-37(2,3)23-11-12-27-17-18-29(35-36(26-27)31-14-8-10-16-33(31)40-35)20-19-28-21-24-39(25-22-34(39)38(4,5)6)32-15-9-7-13-30(28)32/h7-10,13-16,19-21,24,27,34H,11-12,17-18,22-23,25-26H2,1-6H3/q+4. The predicted molar refractivity (Wildman–Crippen MR) is 166 cm³/mol. The SMILES string of the molecule is C[N+](C)(C)CCCC1CCC(=CC=C2C=C[N+]3(CCC3[N+](C)(C)C)c3ccccc32)c2oc3ccccc3[n+]2C1. The summed E-state index contributed by atoms with van der Waals surface area (Å²) in [4.78, 5) is 0. The van der Waals surface area contributed by atoms with Gasteiger partial charge in [0.15, 0.2) is 6.54 Å². The van der Waals surface area contributed by atoms with Crippen LogP contribution in [0, 0.1) is 5.92 Å². The Morgan fingerprint density at radius 2 is 1.73 bits per heavy atom. The maximum absolute atomic E-state index is 6.55. The summed E-state index contributed by atoms with van der Waals surface area (Å²) >= 11 is 0. The molecule has 0 amide bonds. The van der Waals surface area contributed by atoms with E-state index in [0.29, 0.717) is 12.1 Å². The number of benzene rings is 2. The van der Waals surface area contributed by atoms with Crippen LogP contribution in [0.5, 0.6) is 0 Å². The summed E-state index contributed by atoms with van der Waals surface area (Å²) in [6.45, 7) is 3.43. The molecule has 3 unspecified atom stereocenters. The molecule has 5 nitrogen and oxygen atoms in total. The van der Waals surface area contributed by atoms with E-state index in [4.69, 9.17) is 4.42 Å². The van der Waals surface area contributed by atoms with Crippen LogP contribution in [0.2, 0.25) is 0 Å². The van der Waals surface area contributed by atoms with Crippen LogP contribution in [-0.2, 0) is 6.54 Å². The van der Waals surface area contributed by atoms with Crippen molar-refractivity contribution in [2.24, 2.45) is 5.92 Å². The molecule has 1 saturated heterocycles. The van der Waals surface area contributed by atoms with Gasteiger partial charge in [0.05, 0.1) is 54.4 Å². The molecule has 3 aromatic rings. The first kappa shape index (κ1) is 27.2. The number of quaternary nitrogens is 3. The fourth-order valence-electron chi connectivity index (χ4n) is 7.30. The van der Waals surface area contributed by atoms with Crippen molar-refractivity contribution >= 4 is 27.9 Å². The van der Waals surface area contributed by atoms with Gasteiger partial charge < -0.3 is 8.90 Å². The second-order valence-electron chi connectivity index (χ2n) is 14.2. The molecule has 0 radical (unpaired) electrons. The van der Waals surface area contributed by atoms with Gasteiger partial charge in [-0.1, -0.05) is 30.3 Å². The lowest BCUT2D eigenvalue weighted by Crippen LogP contribution is -2.73. The van der Waals surface area contributed by atoms with E-state index in [1.54, 1.807) is 0 Å². The zero-order valence-corrected chi connectivity index (χ0v) is 25.4. The molecule has 3 atom stereocenters. The Morgan fingerprint density at radius 1 is 0.950 bits per heavy atom. The van der Waals surface area contributed by atoms with Crippen LogP contribution in [0.1, 0.15) is 43.6 Å². The molecule has 0 aliphatic carbocycles. The van der Waals surface area contributed by atoms with E-state index in [-0.39, 0.29) is 0 Å². The van der Waals surface area contributed by atoms with Gasteiger partial charge in [-0.2, -0.15) is 4.57 Å². The minimum atomic E-state index is 0.558. The van der Waals surface area contributed by atoms with Crippen LogP contribution in [0.15, 0.2) is 77.4 Å². The number of allylic oxidation sites excluding steroid dienone is 5. The first-order valence-corrected chi connectivity index (χ1v) is 15.2. The zero-order valence-electron chi connectivity index (χ0n) is 25.4. The average Bonchev–Trinajstić information content (AvgIpc) is 3.15. The predicted octanol–water partition coefficient (Wildman–Crippen LogP) is 6.35. The van der Waals surface area contributed by atoms with E-state index in [1.165, 1.54) is 66.7 Å². The second-order valence-corrected chi connectivity index (χ2v) is 14.2. The average molecular weight is 541 g/mol. The van der Waals surface area contributed by atoms with Gasteiger partial charge in [0, 0.05) is 29.7 Å². The number of hydrogen-bond donors (Lipinski definition) is 0. The van der Waals surface area contributed by atoms with Crippen LogP contribution in [0.3, 0.4) is 0 Å². The molecule has 1 fully saturated rings. The van der Waals surface area contributed by atoms with Crippen molar-refractivity contribution in [2.45, 2.75) is 44.8 Å². The van der Waals surface area contributed by atoms with E-state index >= 15 is 0 Å². The molecule has 4 heterocycles. The summed E-state index contributed by atoms with van der Waals surface area (Å²) < 4.78 is 12.0. The highest BCUT2D eigenvalue weighted by atomic mass is 16.4. The molecule has 1 spiro atoms. The van der Waals surface area contributed by atoms with Gasteiger partial charge in [0.2, 0.25) is 11.7 Å². The van der Waals surface area contributed by atoms with Crippen molar-refractivity contribution in [3.63, 3.8) is 0 Å². The third-order valence-corrected chi connectivity index (χ3v) is 9.42. The highest BCUT2D eigenvalue weighted by molar-refractivity contribution is 5.87. The van der Waals surface area contributed by atoms with Gasteiger partial charge >= 0.3 is 5.89 Å². The first-order chi connectivity index (χ1) is 19.1. The zero-order chi connectivity index (χ0) is 28.1. The van der Waals surface area contributed by atoms with Crippen molar-refractivity contribution in [3.05, 3.63) is 84.4 Å². The highest BCUT2D eigenvalue weighted by Gasteiger charge is 2.56. The first-order valence-electron chi connectivity index (χ1n) is 15.2. The van der Waals surface area contributed by atoms with Crippen LogP contribution >= 0.6 is 0 Å². The smallest absolute Gasteiger partial charge is 0.377 e.